The van der Waals surface area contributed by atoms with E-state index < -0.39 is 0 Å². The largest absolute Gasteiger partial charge is 0.489 e. The Morgan fingerprint density at radius 2 is 2.00 bits per heavy atom. The van der Waals surface area contributed by atoms with Crippen molar-refractivity contribution in [3.8, 4) is 5.75 Å². The Kier molecular flexibility index (Phi) is 5.66. The van der Waals surface area contributed by atoms with Crippen molar-refractivity contribution in [1.82, 2.24) is 5.32 Å². The number of para-hydroxylation sites is 1. The number of halogens is 1. The summed E-state index contributed by atoms with van der Waals surface area (Å²) in [6.45, 7) is 5.75. The molecule has 0 heterocycles. The van der Waals surface area contributed by atoms with Gasteiger partial charge in [-0.25, -0.2) is 0 Å². The number of benzene rings is 2. The number of rotatable bonds is 7. The van der Waals surface area contributed by atoms with Crippen LogP contribution in [0, 0.1) is 0 Å². The van der Waals surface area contributed by atoms with Crippen LogP contribution in [0.3, 0.4) is 0 Å². The average Bonchev–Trinajstić information content (AvgIpc) is 2.47. The van der Waals surface area contributed by atoms with Gasteiger partial charge in [-0.1, -0.05) is 48.0 Å². The zero-order valence-electron chi connectivity index (χ0n) is 11.3. The van der Waals surface area contributed by atoms with Gasteiger partial charge in [0.25, 0.3) is 0 Å². The summed E-state index contributed by atoms with van der Waals surface area (Å²) in [6, 6.07) is 15.7. The molecule has 0 spiro atoms. The molecule has 0 saturated heterocycles. The van der Waals surface area contributed by atoms with Gasteiger partial charge in [-0.15, -0.1) is 6.58 Å². The van der Waals surface area contributed by atoms with E-state index in [4.69, 9.17) is 16.3 Å². The number of ether oxygens (including phenoxy) is 1. The third kappa shape index (κ3) is 4.41. The highest BCUT2D eigenvalue weighted by molar-refractivity contribution is 6.30. The van der Waals surface area contributed by atoms with Crippen molar-refractivity contribution >= 4 is 11.6 Å². The zero-order chi connectivity index (χ0) is 14.2. The summed E-state index contributed by atoms with van der Waals surface area (Å²) in [7, 11) is 0. The molecule has 0 unspecified atom stereocenters. The van der Waals surface area contributed by atoms with Gasteiger partial charge in [0.05, 0.1) is 0 Å². The minimum Gasteiger partial charge on any atom is -0.489 e. The van der Waals surface area contributed by atoms with Gasteiger partial charge in [-0.05, 0) is 23.8 Å². The van der Waals surface area contributed by atoms with E-state index >= 15 is 0 Å². The second kappa shape index (κ2) is 7.73. The Labute approximate surface area is 125 Å². The van der Waals surface area contributed by atoms with Gasteiger partial charge in [-0.3, -0.25) is 0 Å². The van der Waals surface area contributed by atoms with E-state index in [1.54, 1.807) is 0 Å². The molecule has 0 atom stereocenters. The van der Waals surface area contributed by atoms with Crippen LogP contribution in [0.2, 0.25) is 5.02 Å². The molecule has 1 N–H and O–H groups in total. The molecular formula is C17H18ClNO. The molecule has 0 radical (unpaired) electrons. The first-order valence-electron chi connectivity index (χ1n) is 6.56. The molecule has 0 saturated carbocycles. The molecule has 0 amide bonds. The van der Waals surface area contributed by atoms with Crippen LogP contribution in [0.4, 0.5) is 0 Å². The molecule has 104 valence electrons. The maximum atomic E-state index is 5.97. The normalized spacial score (nSPS) is 10.2. The highest BCUT2D eigenvalue weighted by Crippen LogP contribution is 2.20. The minimum atomic E-state index is 0.513. The van der Waals surface area contributed by atoms with Crippen LogP contribution >= 0.6 is 11.6 Å². The lowest BCUT2D eigenvalue weighted by molar-refractivity contribution is 0.302. The van der Waals surface area contributed by atoms with Gasteiger partial charge in [0, 0.05) is 23.7 Å². The highest BCUT2D eigenvalue weighted by atomic mass is 35.5. The van der Waals surface area contributed by atoms with E-state index in [-0.39, 0.29) is 0 Å². The van der Waals surface area contributed by atoms with E-state index in [0.717, 1.165) is 35.0 Å². The van der Waals surface area contributed by atoms with Gasteiger partial charge in [0.15, 0.2) is 0 Å². The molecule has 2 rings (SSSR count). The van der Waals surface area contributed by atoms with Crippen molar-refractivity contribution in [2.75, 3.05) is 6.54 Å². The van der Waals surface area contributed by atoms with Crippen LogP contribution in [-0.2, 0) is 13.2 Å². The minimum absolute atomic E-state index is 0.513. The topological polar surface area (TPSA) is 21.3 Å². The predicted octanol–water partition coefficient (Wildman–Crippen LogP) is 4.19. The number of hydrogen-bond donors (Lipinski definition) is 1. The third-order valence-electron chi connectivity index (χ3n) is 2.86. The first-order valence-corrected chi connectivity index (χ1v) is 6.94. The van der Waals surface area contributed by atoms with E-state index in [9.17, 15) is 0 Å². The molecule has 0 aromatic heterocycles. The van der Waals surface area contributed by atoms with Gasteiger partial charge in [0.1, 0.15) is 12.4 Å². The molecule has 2 aromatic rings. The summed E-state index contributed by atoms with van der Waals surface area (Å²) in [4.78, 5) is 0. The second-order valence-corrected chi connectivity index (χ2v) is 4.88. The molecule has 2 nitrogen and oxygen atoms in total. The molecule has 2 aromatic carbocycles. The molecule has 0 aliphatic rings. The zero-order valence-corrected chi connectivity index (χ0v) is 12.1. The van der Waals surface area contributed by atoms with Crippen LogP contribution in [0.15, 0.2) is 61.2 Å². The molecule has 0 aliphatic heterocycles. The Morgan fingerprint density at radius 1 is 1.15 bits per heavy atom. The van der Waals surface area contributed by atoms with Crippen molar-refractivity contribution in [3.05, 3.63) is 77.3 Å². The third-order valence-corrected chi connectivity index (χ3v) is 3.10. The Bertz CT molecular complexity index is 568. The lowest BCUT2D eigenvalue weighted by Gasteiger charge is -2.12. The fourth-order valence-corrected chi connectivity index (χ4v) is 2.10. The maximum Gasteiger partial charge on any atom is 0.124 e. The quantitative estimate of drug-likeness (QED) is 0.609. The summed E-state index contributed by atoms with van der Waals surface area (Å²) in [5.41, 5.74) is 2.20. The summed E-state index contributed by atoms with van der Waals surface area (Å²) < 4.78 is 5.88. The number of hydrogen-bond acceptors (Lipinski definition) is 2. The summed E-state index contributed by atoms with van der Waals surface area (Å²) >= 11 is 5.97. The lowest BCUT2D eigenvalue weighted by atomic mass is 10.2. The second-order valence-electron chi connectivity index (χ2n) is 4.45. The van der Waals surface area contributed by atoms with Gasteiger partial charge < -0.3 is 10.1 Å². The molecule has 0 fully saturated rings. The Hall–Kier alpha value is -1.77. The molecule has 3 heteroatoms. The van der Waals surface area contributed by atoms with Crippen LogP contribution in [0.25, 0.3) is 0 Å². The fourth-order valence-electron chi connectivity index (χ4n) is 1.89. The Balaban J connectivity index is 1.99. The highest BCUT2D eigenvalue weighted by Gasteiger charge is 2.03. The van der Waals surface area contributed by atoms with Crippen LogP contribution in [0.5, 0.6) is 5.75 Å². The van der Waals surface area contributed by atoms with Crippen molar-refractivity contribution in [1.29, 1.82) is 0 Å². The van der Waals surface area contributed by atoms with E-state index in [1.807, 2.05) is 48.5 Å². The fraction of sp³-hybridized carbons (Fsp3) is 0.176. The van der Waals surface area contributed by atoms with E-state index in [1.165, 1.54) is 0 Å². The van der Waals surface area contributed by atoms with Crippen molar-refractivity contribution in [2.24, 2.45) is 0 Å². The predicted molar refractivity (Wildman–Crippen MR) is 84.1 cm³/mol. The average molecular weight is 288 g/mol. The SMILES string of the molecule is C=CCNCc1ccccc1OCc1cccc(Cl)c1. The smallest absolute Gasteiger partial charge is 0.124 e. The molecule has 0 aliphatic carbocycles. The van der Waals surface area contributed by atoms with E-state index in [0.29, 0.717) is 6.61 Å². The number of nitrogens with one attached hydrogen (secondary N) is 1. The first-order chi connectivity index (χ1) is 9.79. The van der Waals surface area contributed by atoms with Crippen molar-refractivity contribution < 1.29 is 4.74 Å². The van der Waals surface area contributed by atoms with Gasteiger partial charge >= 0.3 is 0 Å². The van der Waals surface area contributed by atoms with Gasteiger partial charge in [-0.2, -0.15) is 0 Å². The van der Waals surface area contributed by atoms with Gasteiger partial charge in [0.2, 0.25) is 0 Å². The van der Waals surface area contributed by atoms with Crippen LogP contribution < -0.4 is 10.1 Å². The monoisotopic (exact) mass is 287 g/mol. The van der Waals surface area contributed by atoms with Crippen LogP contribution in [-0.4, -0.2) is 6.54 Å². The molecular weight excluding hydrogens is 270 g/mol. The van der Waals surface area contributed by atoms with Crippen molar-refractivity contribution in [2.45, 2.75) is 13.2 Å². The maximum absolute atomic E-state index is 5.97. The Morgan fingerprint density at radius 3 is 2.80 bits per heavy atom. The summed E-state index contributed by atoms with van der Waals surface area (Å²) in [6.07, 6.45) is 1.84. The summed E-state index contributed by atoms with van der Waals surface area (Å²) in [5, 5.41) is 4.01. The van der Waals surface area contributed by atoms with Crippen molar-refractivity contribution in [3.63, 3.8) is 0 Å². The molecule has 20 heavy (non-hydrogen) atoms. The van der Waals surface area contributed by atoms with Crippen LogP contribution in [0.1, 0.15) is 11.1 Å². The van der Waals surface area contributed by atoms with E-state index in [2.05, 4.69) is 18.0 Å². The summed E-state index contributed by atoms with van der Waals surface area (Å²) in [5.74, 6) is 0.893. The molecule has 0 bridgehead atoms. The standard InChI is InChI=1S/C17H18ClNO/c1-2-10-19-12-15-7-3-4-9-17(15)20-13-14-6-5-8-16(18)11-14/h2-9,11,19H,1,10,12-13H2. The first kappa shape index (κ1) is 14.6. The lowest BCUT2D eigenvalue weighted by Crippen LogP contribution is -2.13.